The maximum absolute atomic E-state index is 11.6. The van der Waals surface area contributed by atoms with E-state index in [1.54, 1.807) is 0 Å². The van der Waals surface area contributed by atoms with E-state index in [9.17, 15) is 19.7 Å². The van der Waals surface area contributed by atoms with E-state index < -0.39 is 23.1 Å². The molecule has 6 heteroatoms. The molecule has 0 atom stereocenters. The number of nitrogens with zero attached hydrogens (tertiary/aromatic N) is 1. The molecule has 1 aromatic rings. The van der Waals surface area contributed by atoms with Gasteiger partial charge in [-0.25, -0.2) is 0 Å². The van der Waals surface area contributed by atoms with Gasteiger partial charge in [-0.1, -0.05) is 5.92 Å². The van der Waals surface area contributed by atoms with E-state index in [1.165, 1.54) is 24.3 Å². The van der Waals surface area contributed by atoms with Crippen LogP contribution in [0.2, 0.25) is 0 Å². The molecule has 0 heterocycles. The average molecular weight is 247 g/mol. The quantitative estimate of drug-likeness (QED) is 0.196. The minimum Gasteiger partial charge on any atom is -0.452 e. The number of benzene rings is 1. The minimum atomic E-state index is -0.726. The monoisotopic (exact) mass is 247 g/mol. The lowest BCUT2D eigenvalue weighted by molar-refractivity contribution is -0.384. The highest BCUT2D eigenvalue weighted by Crippen LogP contribution is 2.13. The third-order valence-electron chi connectivity index (χ3n) is 2.02. The number of carbonyl (C=O) groups excluding carboxylic acids is 2. The Bertz CT molecular complexity index is 512. The van der Waals surface area contributed by atoms with Gasteiger partial charge in [0.1, 0.15) is 6.42 Å². The highest BCUT2D eigenvalue weighted by Gasteiger charge is 2.14. The predicted molar refractivity (Wildman–Crippen MR) is 61.8 cm³/mol. The zero-order valence-electron chi connectivity index (χ0n) is 9.29. The van der Waals surface area contributed by atoms with Gasteiger partial charge in [0.05, 0.1) is 4.92 Å². The number of rotatable bonds is 5. The van der Waals surface area contributed by atoms with Gasteiger partial charge in [0, 0.05) is 17.7 Å². The van der Waals surface area contributed by atoms with Crippen LogP contribution >= 0.6 is 0 Å². The number of nitro benzene ring substituents is 1. The second kappa shape index (κ2) is 6.15. The summed E-state index contributed by atoms with van der Waals surface area (Å²) in [5, 5.41) is 10.4. The fourth-order valence-electron chi connectivity index (χ4n) is 1.18. The first-order chi connectivity index (χ1) is 8.54. The van der Waals surface area contributed by atoms with Crippen molar-refractivity contribution in [1.29, 1.82) is 0 Å². The van der Waals surface area contributed by atoms with Crippen LogP contribution in [0.25, 0.3) is 0 Å². The molecule has 0 aliphatic rings. The third-order valence-corrected chi connectivity index (χ3v) is 2.02. The molecule has 0 fully saturated rings. The Morgan fingerprint density at radius 3 is 2.44 bits per heavy atom. The van der Waals surface area contributed by atoms with E-state index >= 15 is 0 Å². The van der Waals surface area contributed by atoms with Gasteiger partial charge in [0.15, 0.2) is 12.4 Å². The van der Waals surface area contributed by atoms with Crippen LogP contribution in [-0.4, -0.2) is 23.3 Å². The minimum absolute atomic E-state index is 0.124. The number of terminal acetylenes is 1. The zero-order chi connectivity index (χ0) is 13.5. The summed E-state index contributed by atoms with van der Waals surface area (Å²) in [6, 6.07) is 4.96. The van der Waals surface area contributed by atoms with E-state index in [2.05, 4.69) is 10.7 Å². The Morgan fingerprint density at radius 2 is 1.94 bits per heavy atom. The van der Waals surface area contributed by atoms with E-state index in [1.807, 2.05) is 0 Å². The summed E-state index contributed by atoms with van der Waals surface area (Å²) in [5.41, 5.74) is 0.0831. The summed E-state index contributed by atoms with van der Waals surface area (Å²) < 4.78 is 4.54. The van der Waals surface area contributed by atoms with Crippen molar-refractivity contribution in [3.8, 4) is 12.3 Å². The lowest BCUT2D eigenvalue weighted by Crippen LogP contribution is -2.11. The molecule has 1 aromatic carbocycles. The largest absolute Gasteiger partial charge is 0.452 e. The Kier molecular flexibility index (Phi) is 4.58. The summed E-state index contributed by atoms with van der Waals surface area (Å²) in [7, 11) is 0. The van der Waals surface area contributed by atoms with Crippen LogP contribution < -0.4 is 0 Å². The van der Waals surface area contributed by atoms with E-state index in [4.69, 9.17) is 6.42 Å². The molecule has 6 nitrogen and oxygen atoms in total. The molecule has 0 amide bonds. The van der Waals surface area contributed by atoms with E-state index in [0.29, 0.717) is 0 Å². The standard InChI is InChI=1S/C12H9NO5/c1-2-7-18-12(15)8-11(14)9-3-5-10(6-4-9)13(16)17/h1,3-6H,7-8H2. The third kappa shape index (κ3) is 3.72. The normalized spacial score (nSPS) is 9.28. The first-order valence-corrected chi connectivity index (χ1v) is 4.91. The van der Waals surface area contributed by atoms with Gasteiger partial charge in [-0.05, 0) is 12.1 Å². The number of hydrogen-bond donors (Lipinski definition) is 0. The molecule has 0 spiro atoms. The maximum atomic E-state index is 11.6. The van der Waals surface area contributed by atoms with Gasteiger partial charge in [0.25, 0.3) is 5.69 Å². The smallest absolute Gasteiger partial charge is 0.314 e. The Balaban J connectivity index is 2.65. The summed E-state index contributed by atoms with van der Waals surface area (Å²) in [6.45, 7) is -0.188. The number of esters is 1. The second-order valence-corrected chi connectivity index (χ2v) is 3.27. The maximum Gasteiger partial charge on any atom is 0.314 e. The first kappa shape index (κ1) is 13.4. The van der Waals surface area contributed by atoms with Crippen molar-refractivity contribution in [2.45, 2.75) is 6.42 Å². The topological polar surface area (TPSA) is 86.5 Å². The molecule has 92 valence electrons. The lowest BCUT2D eigenvalue weighted by atomic mass is 10.1. The number of ketones is 1. The van der Waals surface area contributed by atoms with Gasteiger partial charge >= 0.3 is 5.97 Å². The summed E-state index contributed by atoms with van der Waals surface area (Å²) in [4.78, 5) is 32.5. The van der Waals surface area contributed by atoms with Crippen LogP contribution in [0.15, 0.2) is 24.3 Å². The Morgan fingerprint density at radius 1 is 1.33 bits per heavy atom. The predicted octanol–water partition coefficient (Wildman–Crippen LogP) is 1.34. The van der Waals surface area contributed by atoms with Crippen molar-refractivity contribution < 1.29 is 19.2 Å². The summed E-state index contributed by atoms with van der Waals surface area (Å²) in [6.07, 6.45) is 4.44. The summed E-state index contributed by atoms with van der Waals surface area (Å²) in [5.74, 6) is 0.897. The van der Waals surface area contributed by atoms with Crippen molar-refractivity contribution in [2.75, 3.05) is 6.61 Å². The molecule has 18 heavy (non-hydrogen) atoms. The summed E-state index contributed by atoms with van der Waals surface area (Å²) >= 11 is 0. The second-order valence-electron chi connectivity index (χ2n) is 3.27. The van der Waals surface area contributed by atoms with Crippen LogP contribution in [0, 0.1) is 22.5 Å². The van der Waals surface area contributed by atoms with Crippen molar-refractivity contribution in [3.63, 3.8) is 0 Å². The molecule has 1 rings (SSSR count). The van der Waals surface area contributed by atoms with Crippen molar-refractivity contribution >= 4 is 17.4 Å². The van der Waals surface area contributed by atoms with Crippen molar-refractivity contribution in [1.82, 2.24) is 0 Å². The number of nitro groups is 1. The van der Waals surface area contributed by atoms with Crippen LogP contribution in [0.3, 0.4) is 0 Å². The van der Waals surface area contributed by atoms with Gasteiger partial charge < -0.3 is 4.74 Å². The SMILES string of the molecule is C#CCOC(=O)CC(=O)c1ccc([N+](=O)[O-])cc1. The number of carbonyl (C=O) groups is 2. The highest BCUT2D eigenvalue weighted by molar-refractivity contribution is 6.06. The van der Waals surface area contributed by atoms with Crippen molar-refractivity contribution in [3.05, 3.63) is 39.9 Å². The number of ether oxygens (including phenoxy) is 1. The lowest BCUT2D eigenvalue weighted by Gasteiger charge is -2.01. The van der Waals surface area contributed by atoms with Gasteiger partial charge in [0.2, 0.25) is 0 Å². The first-order valence-electron chi connectivity index (χ1n) is 4.91. The van der Waals surface area contributed by atoms with Crippen LogP contribution in [0.4, 0.5) is 5.69 Å². The van der Waals surface area contributed by atoms with E-state index in [0.717, 1.165) is 0 Å². The fourth-order valence-corrected chi connectivity index (χ4v) is 1.18. The average Bonchev–Trinajstić information content (AvgIpc) is 2.36. The van der Waals surface area contributed by atoms with Crippen molar-refractivity contribution in [2.24, 2.45) is 0 Å². The molecule has 0 bridgehead atoms. The van der Waals surface area contributed by atoms with Crippen LogP contribution in [-0.2, 0) is 9.53 Å². The molecule has 0 aliphatic heterocycles. The molecule has 0 aliphatic carbocycles. The Labute approximate surface area is 103 Å². The molecule has 0 radical (unpaired) electrons. The molecule has 0 saturated heterocycles. The molecule has 0 aromatic heterocycles. The van der Waals surface area contributed by atoms with E-state index in [-0.39, 0.29) is 17.9 Å². The molecule has 0 unspecified atom stereocenters. The van der Waals surface area contributed by atoms with Crippen LogP contribution in [0.5, 0.6) is 0 Å². The molecular weight excluding hydrogens is 238 g/mol. The number of non-ortho nitro benzene ring substituents is 1. The Hall–Kier alpha value is -2.68. The molecule has 0 N–H and O–H groups in total. The van der Waals surface area contributed by atoms with Gasteiger partial charge in [-0.2, -0.15) is 0 Å². The molecule has 0 saturated carbocycles. The zero-order valence-corrected chi connectivity index (χ0v) is 9.29. The molecular formula is C12H9NO5. The highest BCUT2D eigenvalue weighted by atomic mass is 16.6. The number of hydrogen-bond acceptors (Lipinski definition) is 5. The number of Topliss-reactive ketones (excluding diaryl/α,β-unsaturated/α-hetero) is 1. The fraction of sp³-hybridized carbons (Fsp3) is 0.167. The van der Waals surface area contributed by atoms with Gasteiger partial charge in [-0.15, -0.1) is 6.42 Å². The van der Waals surface area contributed by atoms with Gasteiger partial charge in [-0.3, -0.25) is 19.7 Å². The van der Waals surface area contributed by atoms with Crippen LogP contribution in [0.1, 0.15) is 16.8 Å².